The fourth-order valence-electron chi connectivity index (χ4n) is 2.25. The van der Waals surface area contributed by atoms with Crippen molar-refractivity contribution < 1.29 is 9.13 Å². The van der Waals surface area contributed by atoms with Crippen molar-refractivity contribution in [2.24, 2.45) is 5.73 Å². The van der Waals surface area contributed by atoms with Crippen molar-refractivity contribution >= 4 is 0 Å². The molecule has 0 spiro atoms. The van der Waals surface area contributed by atoms with Gasteiger partial charge in [0.05, 0.1) is 6.17 Å². The second-order valence-corrected chi connectivity index (χ2v) is 4.28. The third-order valence-electron chi connectivity index (χ3n) is 3.14. The Balaban J connectivity index is 2.12. The molecule has 0 radical (unpaired) electrons. The topological polar surface area (TPSA) is 59.3 Å². The molecule has 2 rings (SSSR count). The minimum atomic E-state index is -0.227. The molecule has 17 heavy (non-hydrogen) atoms. The summed E-state index contributed by atoms with van der Waals surface area (Å²) in [5.74, 6) is -0.0968. The van der Waals surface area contributed by atoms with Gasteiger partial charge in [-0.1, -0.05) is 12.1 Å². The molecular weight excluding hydrogens is 221 g/mol. The van der Waals surface area contributed by atoms with E-state index in [1.54, 1.807) is 19.2 Å². The highest BCUT2D eigenvalue weighted by atomic mass is 19.1. The van der Waals surface area contributed by atoms with E-state index in [-0.39, 0.29) is 23.9 Å². The standard InChI is InChI=1S/C12H18FN3O/c1-17-7-6-10-11(12(14)16-15-10)8-2-4-9(13)5-3-8/h2-5,10-12,15-16H,6-7,14H2,1H3. The Labute approximate surface area is 100 Å². The Morgan fingerprint density at radius 1 is 1.29 bits per heavy atom. The second kappa shape index (κ2) is 5.55. The number of benzene rings is 1. The Bertz CT molecular complexity index is 357. The molecular formula is C12H18FN3O. The number of rotatable bonds is 4. The van der Waals surface area contributed by atoms with Crippen LogP contribution in [0.4, 0.5) is 4.39 Å². The van der Waals surface area contributed by atoms with Crippen LogP contribution in [-0.4, -0.2) is 25.9 Å². The maximum atomic E-state index is 12.9. The second-order valence-electron chi connectivity index (χ2n) is 4.28. The monoisotopic (exact) mass is 239 g/mol. The molecule has 4 N–H and O–H groups in total. The number of nitrogens with two attached hydrogens (primary N) is 1. The maximum absolute atomic E-state index is 12.9. The normalized spacial score (nSPS) is 28.5. The molecule has 0 amide bonds. The van der Waals surface area contributed by atoms with E-state index < -0.39 is 0 Å². The molecule has 1 fully saturated rings. The highest BCUT2D eigenvalue weighted by molar-refractivity contribution is 5.25. The predicted octanol–water partition coefficient (Wildman–Crippen LogP) is 0.707. The molecule has 3 atom stereocenters. The smallest absolute Gasteiger partial charge is 0.123 e. The Morgan fingerprint density at radius 3 is 2.65 bits per heavy atom. The zero-order chi connectivity index (χ0) is 12.3. The Morgan fingerprint density at radius 2 is 2.00 bits per heavy atom. The van der Waals surface area contributed by atoms with Crippen molar-refractivity contribution in [1.82, 2.24) is 10.9 Å². The van der Waals surface area contributed by atoms with Crippen molar-refractivity contribution in [1.29, 1.82) is 0 Å². The van der Waals surface area contributed by atoms with Crippen molar-refractivity contribution in [3.8, 4) is 0 Å². The van der Waals surface area contributed by atoms with Crippen LogP contribution in [0, 0.1) is 5.82 Å². The number of nitrogens with one attached hydrogen (secondary N) is 2. The maximum Gasteiger partial charge on any atom is 0.123 e. The fraction of sp³-hybridized carbons (Fsp3) is 0.500. The van der Waals surface area contributed by atoms with Gasteiger partial charge in [0, 0.05) is 25.7 Å². The fourth-order valence-corrected chi connectivity index (χ4v) is 2.25. The minimum Gasteiger partial charge on any atom is -0.385 e. The van der Waals surface area contributed by atoms with Gasteiger partial charge in [-0.05, 0) is 24.1 Å². The number of ether oxygens (including phenoxy) is 1. The molecule has 94 valence electrons. The van der Waals surface area contributed by atoms with Gasteiger partial charge in [0.25, 0.3) is 0 Å². The van der Waals surface area contributed by atoms with Crippen LogP contribution in [-0.2, 0) is 4.74 Å². The van der Waals surface area contributed by atoms with Crippen molar-refractivity contribution in [3.05, 3.63) is 35.6 Å². The summed E-state index contributed by atoms with van der Waals surface area (Å²) >= 11 is 0. The van der Waals surface area contributed by atoms with Gasteiger partial charge in [-0.15, -0.1) is 0 Å². The zero-order valence-electron chi connectivity index (χ0n) is 9.82. The lowest BCUT2D eigenvalue weighted by atomic mass is 9.89. The molecule has 0 aromatic heterocycles. The average molecular weight is 239 g/mol. The van der Waals surface area contributed by atoms with E-state index in [0.29, 0.717) is 6.61 Å². The minimum absolute atomic E-state index is 0.130. The quantitative estimate of drug-likeness (QED) is 0.724. The first-order valence-corrected chi connectivity index (χ1v) is 5.73. The summed E-state index contributed by atoms with van der Waals surface area (Å²) in [5.41, 5.74) is 13.2. The summed E-state index contributed by atoms with van der Waals surface area (Å²) in [6, 6.07) is 6.71. The van der Waals surface area contributed by atoms with Gasteiger partial charge in [-0.25, -0.2) is 9.82 Å². The molecule has 3 unspecified atom stereocenters. The van der Waals surface area contributed by atoms with Gasteiger partial charge in [-0.3, -0.25) is 5.43 Å². The molecule has 1 aliphatic heterocycles. The molecule has 1 aromatic carbocycles. The highest BCUT2D eigenvalue weighted by Crippen LogP contribution is 2.27. The van der Waals surface area contributed by atoms with Gasteiger partial charge in [-0.2, -0.15) is 0 Å². The van der Waals surface area contributed by atoms with Crippen LogP contribution in [0.3, 0.4) is 0 Å². The molecule has 1 heterocycles. The number of methoxy groups -OCH3 is 1. The first-order valence-electron chi connectivity index (χ1n) is 5.73. The van der Waals surface area contributed by atoms with E-state index in [9.17, 15) is 4.39 Å². The van der Waals surface area contributed by atoms with Gasteiger partial charge in [0.2, 0.25) is 0 Å². The van der Waals surface area contributed by atoms with Crippen LogP contribution in [0.2, 0.25) is 0 Å². The summed E-state index contributed by atoms with van der Waals surface area (Å²) in [5, 5.41) is 0. The van der Waals surface area contributed by atoms with Crippen molar-refractivity contribution in [2.75, 3.05) is 13.7 Å². The largest absolute Gasteiger partial charge is 0.385 e. The first-order chi connectivity index (χ1) is 8.22. The number of hydrogen-bond donors (Lipinski definition) is 3. The van der Waals surface area contributed by atoms with Gasteiger partial charge < -0.3 is 10.5 Å². The summed E-state index contributed by atoms with van der Waals surface area (Å²) < 4.78 is 18.0. The lowest BCUT2D eigenvalue weighted by Gasteiger charge is -2.21. The molecule has 0 aliphatic carbocycles. The summed E-state index contributed by atoms with van der Waals surface area (Å²) in [6.45, 7) is 0.670. The van der Waals surface area contributed by atoms with E-state index in [2.05, 4.69) is 10.9 Å². The Hall–Kier alpha value is -1.01. The average Bonchev–Trinajstić information content (AvgIpc) is 2.69. The summed E-state index contributed by atoms with van der Waals surface area (Å²) in [7, 11) is 1.68. The third kappa shape index (κ3) is 2.81. The van der Waals surface area contributed by atoms with Crippen LogP contribution in [0.15, 0.2) is 24.3 Å². The summed E-state index contributed by atoms with van der Waals surface area (Å²) in [6.07, 6.45) is 0.696. The highest BCUT2D eigenvalue weighted by Gasteiger charge is 2.34. The van der Waals surface area contributed by atoms with E-state index >= 15 is 0 Å². The molecule has 1 saturated heterocycles. The van der Waals surface area contributed by atoms with Gasteiger partial charge >= 0.3 is 0 Å². The Kier molecular flexibility index (Phi) is 4.06. The first kappa shape index (κ1) is 12.4. The zero-order valence-corrected chi connectivity index (χ0v) is 9.82. The lowest BCUT2D eigenvalue weighted by Crippen LogP contribution is -2.38. The van der Waals surface area contributed by atoms with Crippen molar-refractivity contribution in [2.45, 2.75) is 24.5 Å². The van der Waals surface area contributed by atoms with E-state index in [0.717, 1.165) is 12.0 Å². The predicted molar refractivity (Wildman–Crippen MR) is 63.7 cm³/mol. The van der Waals surface area contributed by atoms with Crippen LogP contribution in [0.5, 0.6) is 0 Å². The van der Waals surface area contributed by atoms with Crippen LogP contribution in [0.25, 0.3) is 0 Å². The number of halogens is 1. The molecule has 5 heteroatoms. The molecule has 1 aliphatic rings. The molecule has 0 saturated carbocycles. The van der Waals surface area contributed by atoms with Crippen LogP contribution in [0.1, 0.15) is 17.9 Å². The third-order valence-corrected chi connectivity index (χ3v) is 3.14. The number of hydrogen-bond acceptors (Lipinski definition) is 4. The summed E-state index contributed by atoms with van der Waals surface area (Å²) in [4.78, 5) is 0. The lowest BCUT2D eigenvalue weighted by molar-refractivity contribution is 0.182. The van der Waals surface area contributed by atoms with Crippen LogP contribution >= 0.6 is 0 Å². The molecule has 4 nitrogen and oxygen atoms in total. The van der Waals surface area contributed by atoms with E-state index in [1.807, 2.05) is 0 Å². The van der Waals surface area contributed by atoms with Gasteiger partial charge in [0.1, 0.15) is 5.82 Å². The van der Waals surface area contributed by atoms with Crippen molar-refractivity contribution in [3.63, 3.8) is 0 Å². The number of hydrazine groups is 1. The molecule has 1 aromatic rings. The van der Waals surface area contributed by atoms with Crippen LogP contribution < -0.4 is 16.6 Å². The SMILES string of the molecule is COCCC1NNC(N)C1c1ccc(F)cc1. The van der Waals surface area contributed by atoms with E-state index in [1.165, 1.54) is 12.1 Å². The van der Waals surface area contributed by atoms with Gasteiger partial charge in [0.15, 0.2) is 0 Å². The molecule has 0 bridgehead atoms. The van der Waals surface area contributed by atoms with E-state index in [4.69, 9.17) is 10.5 Å².